The summed E-state index contributed by atoms with van der Waals surface area (Å²) in [6, 6.07) is 14.1. The molecular weight excluding hydrogens is 406 g/mol. The second-order valence-corrected chi connectivity index (χ2v) is 7.35. The van der Waals surface area contributed by atoms with Gasteiger partial charge in [0.25, 0.3) is 5.56 Å². The molecule has 0 saturated heterocycles. The Bertz CT molecular complexity index is 1190. The molecule has 1 aliphatic heterocycles. The number of nitrogens with one attached hydrogen (secondary N) is 4. The highest BCUT2D eigenvalue weighted by molar-refractivity contribution is 6.30. The van der Waals surface area contributed by atoms with E-state index in [1.54, 1.807) is 36.4 Å². The van der Waals surface area contributed by atoms with Crippen LogP contribution >= 0.6 is 11.6 Å². The molecule has 0 aliphatic carbocycles. The van der Waals surface area contributed by atoms with Gasteiger partial charge in [-0.05, 0) is 42.8 Å². The smallest absolute Gasteiger partial charge is 0.258 e. The number of anilines is 4. The van der Waals surface area contributed by atoms with Crippen LogP contribution in [-0.2, 0) is 9.59 Å². The zero-order valence-electron chi connectivity index (χ0n) is 16.0. The molecule has 0 radical (unpaired) electrons. The highest BCUT2D eigenvalue weighted by atomic mass is 35.5. The fourth-order valence-electron chi connectivity index (χ4n) is 3.26. The monoisotopic (exact) mass is 423 g/mol. The predicted molar refractivity (Wildman–Crippen MR) is 115 cm³/mol. The van der Waals surface area contributed by atoms with Crippen molar-refractivity contribution in [2.45, 2.75) is 19.3 Å². The molecule has 9 heteroatoms. The third kappa shape index (κ3) is 4.04. The third-order valence-electron chi connectivity index (χ3n) is 4.78. The van der Waals surface area contributed by atoms with E-state index in [0.29, 0.717) is 16.4 Å². The van der Waals surface area contributed by atoms with Gasteiger partial charge in [-0.25, -0.2) is 0 Å². The SMILES string of the molecule is Cc1ccccc1NC(=O)[C@H]1CC(=O)Nc2nc(Nc3ccc(Cl)cc3)[nH]c(=O)c21. The van der Waals surface area contributed by atoms with Crippen LogP contribution in [0.15, 0.2) is 53.3 Å². The lowest BCUT2D eigenvalue weighted by atomic mass is 9.92. The molecule has 2 heterocycles. The van der Waals surface area contributed by atoms with Crippen molar-refractivity contribution in [3.63, 3.8) is 0 Å². The van der Waals surface area contributed by atoms with Crippen molar-refractivity contribution in [2.75, 3.05) is 16.0 Å². The number of rotatable bonds is 4. The maximum absolute atomic E-state index is 12.9. The van der Waals surface area contributed by atoms with Gasteiger partial charge < -0.3 is 16.0 Å². The molecular formula is C21H18ClN5O3. The summed E-state index contributed by atoms with van der Waals surface area (Å²) in [5.74, 6) is -1.57. The number of nitrogens with zero attached hydrogens (tertiary/aromatic N) is 1. The van der Waals surface area contributed by atoms with E-state index in [2.05, 4.69) is 25.9 Å². The fraction of sp³-hybridized carbons (Fsp3) is 0.143. The molecule has 0 bridgehead atoms. The van der Waals surface area contributed by atoms with Crippen LogP contribution < -0.4 is 21.5 Å². The Balaban J connectivity index is 1.64. The van der Waals surface area contributed by atoms with Crippen molar-refractivity contribution in [3.8, 4) is 0 Å². The van der Waals surface area contributed by atoms with Crippen molar-refractivity contribution in [1.82, 2.24) is 9.97 Å². The topological polar surface area (TPSA) is 116 Å². The number of fused-ring (bicyclic) bond motifs is 1. The summed E-state index contributed by atoms with van der Waals surface area (Å²) in [4.78, 5) is 44.8. The maximum atomic E-state index is 12.9. The van der Waals surface area contributed by atoms with Gasteiger partial charge in [-0.15, -0.1) is 0 Å². The van der Waals surface area contributed by atoms with E-state index in [0.717, 1.165) is 5.56 Å². The van der Waals surface area contributed by atoms with E-state index in [1.807, 2.05) is 19.1 Å². The van der Waals surface area contributed by atoms with Crippen molar-refractivity contribution < 1.29 is 9.59 Å². The highest BCUT2D eigenvalue weighted by Crippen LogP contribution is 2.30. The molecule has 1 atom stereocenters. The molecule has 2 amide bonds. The van der Waals surface area contributed by atoms with Crippen molar-refractivity contribution in [1.29, 1.82) is 0 Å². The van der Waals surface area contributed by atoms with Gasteiger partial charge in [0, 0.05) is 22.8 Å². The molecule has 3 aromatic rings. The number of aryl methyl sites for hydroxylation is 1. The summed E-state index contributed by atoms with van der Waals surface area (Å²) >= 11 is 5.88. The molecule has 30 heavy (non-hydrogen) atoms. The number of hydrogen-bond donors (Lipinski definition) is 4. The summed E-state index contributed by atoms with van der Waals surface area (Å²) in [6.07, 6.45) is -0.139. The molecule has 0 spiro atoms. The molecule has 0 fully saturated rings. The van der Waals surface area contributed by atoms with Crippen molar-refractivity contribution >= 4 is 46.6 Å². The molecule has 2 aromatic carbocycles. The van der Waals surface area contributed by atoms with Gasteiger partial charge in [0.15, 0.2) is 0 Å². The van der Waals surface area contributed by atoms with E-state index in [-0.39, 0.29) is 29.7 Å². The number of carbonyl (C=O) groups is 2. The summed E-state index contributed by atoms with van der Waals surface area (Å²) < 4.78 is 0. The van der Waals surface area contributed by atoms with Gasteiger partial charge in [0.1, 0.15) is 5.82 Å². The lowest BCUT2D eigenvalue weighted by Gasteiger charge is -2.24. The molecule has 1 aliphatic rings. The Hall–Kier alpha value is -3.65. The van der Waals surface area contributed by atoms with Crippen molar-refractivity contribution in [2.24, 2.45) is 0 Å². The second kappa shape index (κ2) is 8.00. The number of halogens is 1. The quantitative estimate of drug-likeness (QED) is 0.512. The maximum Gasteiger partial charge on any atom is 0.258 e. The van der Waals surface area contributed by atoms with E-state index >= 15 is 0 Å². The van der Waals surface area contributed by atoms with Crippen LogP contribution in [0.5, 0.6) is 0 Å². The van der Waals surface area contributed by atoms with Gasteiger partial charge in [-0.3, -0.25) is 19.4 Å². The molecule has 1 aromatic heterocycles. The number of amides is 2. The first-order valence-electron chi connectivity index (χ1n) is 9.24. The number of para-hydroxylation sites is 1. The Morgan fingerprint density at radius 2 is 1.87 bits per heavy atom. The average Bonchev–Trinajstić information content (AvgIpc) is 2.70. The number of carbonyl (C=O) groups excluding carboxylic acids is 2. The zero-order chi connectivity index (χ0) is 21.3. The van der Waals surface area contributed by atoms with E-state index in [4.69, 9.17) is 11.6 Å². The van der Waals surface area contributed by atoms with E-state index in [1.165, 1.54) is 0 Å². The fourth-order valence-corrected chi connectivity index (χ4v) is 3.38. The van der Waals surface area contributed by atoms with Crippen molar-refractivity contribution in [3.05, 3.63) is 75.0 Å². The molecule has 0 unspecified atom stereocenters. The first kappa shape index (κ1) is 19.7. The van der Waals surface area contributed by atoms with Crippen LogP contribution in [0.4, 0.5) is 23.1 Å². The Kier molecular flexibility index (Phi) is 5.24. The van der Waals surface area contributed by atoms with Gasteiger partial charge in [0.05, 0.1) is 11.5 Å². The molecule has 0 saturated carbocycles. The largest absolute Gasteiger partial charge is 0.326 e. The van der Waals surface area contributed by atoms with Crippen LogP contribution in [0.1, 0.15) is 23.5 Å². The molecule has 4 rings (SSSR count). The second-order valence-electron chi connectivity index (χ2n) is 6.92. The van der Waals surface area contributed by atoms with Gasteiger partial charge in [0.2, 0.25) is 17.8 Å². The summed E-state index contributed by atoms with van der Waals surface area (Å²) in [5.41, 5.74) is 1.78. The van der Waals surface area contributed by atoms with Gasteiger partial charge >= 0.3 is 0 Å². The summed E-state index contributed by atoms with van der Waals surface area (Å²) in [5, 5.41) is 8.91. The molecule has 152 valence electrons. The van der Waals surface area contributed by atoms with Gasteiger partial charge in [-0.1, -0.05) is 29.8 Å². The number of aromatic amines is 1. The van der Waals surface area contributed by atoms with Crippen LogP contribution in [0, 0.1) is 6.92 Å². The normalized spacial score (nSPS) is 15.1. The average molecular weight is 424 g/mol. The molecule has 4 N–H and O–H groups in total. The summed E-state index contributed by atoms with van der Waals surface area (Å²) in [7, 11) is 0. The lowest BCUT2D eigenvalue weighted by molar-refractivity contribution is -0.123. The number of hydrogen-bond acceptors (Lipinski definition) is 5. The number of aromatic nitrogens is 2. The Morgan fingerprint density at radius 3 is 2.60 bits per heavy atom. The summed E-state index contributed by atoms with van der Waals surface area (Å²) in [6.45, 7) is 1.86. The van der Waals surface area contributed by atoms with E-state index in [9.17, 15) is 14.4 Å². The predicted octanol–water partition coefficient (Wildman–Crippen LogP) is 3.54. The minimum atomic E-state index is -0.950. The Morgan fingerprint density at radius 1 is 1.13 bits per heavy atom. The van der Waals surface area contributed by atoms with Gasteiger partial charge in [-0.2, -0.15) is 4.98 Å². The van der Waals surface area contributed by atoms with Crippen LogP contribution in [0.2, 0.25) is 5.02 Å². The van der Waals surface area contributed by atoms with E-state index < -0.39 is 17.4 Å². The first-order chi connectivity index (χ1) is 14.4. The van der Waals surface area contributed by atoms with Crippen LogP contribution in [0.3, 0.4) is 0 Å². The molecule has 8 nitrogen and oxygen atoms in total. The standard InChI is InChI=1S/C21H18ClN5O3/c1-11-4-2-3-5-15(11)24-19(29)14-10-16(28)25-18-17(14)20(30)27-21(26-18)23-13-8-6-12(22)7-9-13/h2-9,14H,10H2,1H3,(H,24,29)(H3,23,25,26,27,28,30)/t14-/m0/s1. The third-order valence-corrected chi connectivity index (χ3v) is 5.03. The van der Waals surface area contributed by atoms with Crippen LogP contribution in [-0.4, -0.2) is 21.8 Å². The van der Waals surface area contributed by atoms with Crippen LogP contribution in [0.25, 0.3) is 0 Å². The number of H-pyrrole nitrogens is 1. The first-order valence-corrected chi connectivity index (χ1v) is 9.61. The minimum Gasteiger partial charge on any atom is -0.326 e. The Labute approximate surface area is 176 Å². The highest BCUT2D eigenvalue weighted by Gasteiger charge is 2.34. The lowest BCUT2D eigenvalue weighted by Crippen LogP contribution is -2.36. The minimum absolute atomic E-state index is 0.0661. The number of benzene rings is 2. The zero-order valence-corrected chi connectivity index (χ0v) is 16.7.